The highest BCUT2D eigenvalue weighted by Crippen LogP contribution is 2.22. The van der Waals surface area contributed by atoms with Crippen LogP contribution in [0.5, 0.6) is 0 Å². The van der Waals surface area contributed by atoms with Crippen LogP contribution in [-0.4, -0.2) is 27.7 Å². The van der Waals surface area contributed by atoms with E-state index in [0.29, 0.717) is 24.2 Å². The fourth-order valence-electron chi connectivity index (χ4n) is 2.36. The van der Waals surface area contributed by atoms with Gasteiger partial charge >= 0.3 is 0 Å². The molecule has 0 bridgehead atoms. The molecule has 5 nitrogen and oxygen atoms in total. The summed E-state index contributed by atoms with van der Waals surface area (Å²) in [6.07, 6.45) is 3.36. The van der Waals surface area contributed by atoms with Crippen LogP contribution in [-0.2, 0) is 6.42 Å². The summed E-state index contributed by atoms with van der Waals surface area (Å²) in [6.45, 7) is 7.33. The second-order valence-electron chi connectivity index (χ2n) is 4.91. The maximum Gasteiger partial charge on any atom is 0.231 e. The van der Waals surface area contributed by atoms with E-state index in [-0.39, 0.29) is 5.92 Å². The first-order valence-electron chi connectivity index (χ1n) is 7.20. The summed E-state index contributed by atoms with van der Waals surface area (Å²) >= 11 is 0. The van der Waals surface area contributed by atoms with Crippen molar-refractivity contribution >= 4 is 0 Å². The third-order valence-electron chi connectivity index (χ3n) is 3.44. The highest BCUT2D eigenvalue weighted by Gasteiger charge is 2.23. The Balaban J connectivity index is 2.07. The van der Waals surface area contributed by atoms with Gasteiger partial charge in [0, 0.05) is 17.9 Å². The molecule has 0 saturated carbocycles. The minimum absolute atomic E-state index is 0.250. The van der Waals surface area contributed by atoms with E-state index in [2.05, 4.69) is 41.2 Å². The quantitative estimate of drug-likeness (QED) is 0.840. The number of nitrogens with one attached hydrogen (secondary N) is 1. The lowest BCUT2D eigenvalue weighted by Gasteiger charge is -2.19. The summed E-state index contributed by atoms with van der Waals surface area (Å²) in [7, 11) is 0. The third-order valence-corrected chi connectivity index (χ3v) is 3.44. The zero-order valence-electron chi connectivity index (χ0n) is 12.3. The van der Waals surface area contributed by atoms with E-state index in [1.54, 1.807) is 6.20 Å². The molecule has 0 aliphatic heterocycles. The number of hydrogen-bond donors (Lipinski definition) is 1. The summed E-state index contributed by atoms with van der Waals surface area (Å²) in [4.78, 5) is 8.80. The van der Waals surface area contributed by atoms with Gasteiger partial charge in [0.15, 0.2) is 5.82 Å². The van der Waals surface area contributed by atoms with Crippen molar-refractivity contribution < 1.29 is 4.52 Å². The molecule has 1 N–H and O–H groups in total. The van der Waals surface area contributed by atoms with Crippen LogP contribution in [0.3, 0.4) is 0 Å². The van der Waals surface area contributed by atoms with Crippen LogP contribution in [0.2, 0.25) is 0 Å². The average Bonchev–Trinajstić information content (AvgIpc) is 2.89. The molecule has 0 spiro atoms. The van der Waals surface area contributed by atoms with Gasteiger partial charge in [-0.25, -0.2) is 0 Å². The van der Waals surface area contributed by atoms with Crippen molar-refractivity contribution in [3.8, 4) is 0 Å². The fraction of sp³-hybridized carbons (Fsp3) is 0.533. The number of rotatable bonds is 7. The van der Waals surface area contributed by atoms with Crippen LogP contribution in [0.4, 0.5) is 0 Å². The minimum atomic E-state index is 0.250. The van der Waals surface area contributed by atoms with Crippen molar-refractivity contribution in [3.05, 3.63) is 41.8 Å². The van der Waals surface area contributed by atoms with Crippen LogP contribution >= 0.6 is 0 Å². The van der Waals surface area contributed by atoms with E-state index in [1.807, 2.05) is 18.2 Å². The minimum Gasteiger partial charge on any atom is -0.339 e. The van der Waals surface area contributed by atoms with E-state index in [0.717, 1.165) is 18.7 Å². The smallest absolute Gasteiger partial charge is 0.231 e. The molecule has 108 valence electrons. The Kier molecular flexibility index (Phi) is 5.24. The van der Waals surface area contributed by atoms with Crippen molar-refractivity contribution in [2.75, 3.05) is 6.54 Å². The molecule has 0 saturated heterocycles. The summed E-state index contributed by atoms with van der Waals surface area (Å²) in [5.74, 6) is 1.66. The Morgan fingerprint density at radius 1 is 1.30 bits per heavy atom. The number of likely N-dealkylation sites (N-methyl/N-ethyl adjacent to an activating group) is 1. The van der Waals surface area contributed by atoms with Gasteiger partial charge in [-0.05, 0) is 32.0 Å². The summed E-state index contributed by atoms with van der Waals surface area (Å²) in [5, 5.41) is 7.48. The van der Waals surface area contributed by atoms with Crippen molar-refractivity contribution in [3.63, 3.8) is 0 Å². The molecule has 2 heterocycles. The molecule has 0 aromatic carbocycles. The normalized spacial score (nSPS) is 14.2. The zero-order chi connectivity index (χ0) is 14.4. The lowest BCUT2D eigenvalue weighted by molar-refractivity contribution is 0.316. The Labute approximate surface area is 119 Å². The van der Waals surface area contributed by atoms with Crippen molar-refractivity contribution in [2.24, 2.45) is 0 Å². The Bertz CT molecular complexity index is 512. The Morgan fingerprint density at radius 3 is 2.80 bits per heavy atom. The first kappa shape index (κ1) is 14.7. The van der Waals surface area contributed by atoms with Crippen LogP contribution in [0.1, 0.15) is 50.5 Å². The summed E-state index contributed by atoms with van der Waals surface area (Å²) in [5.41, 5.74) is 0.952. The molecular weight excluding hydrogens is 252 g/mol. The first-order chi connectivity index (χ1) is 9.74. The van der Waals surface area contributed by atoms with E-state index >= 15 is 0 Å². The first-order valence-corrected chi connectivity index (χ1v) is 7.20. The van der Waals surface area contributed by atoms with E-state index < -0.39 is 0 Å². The predicted molar refractivity (Wildman–Crippen MR) is 77.5 cm³/mol. The van der Waals surface area contributed by atoms with E-state index in [9.17, 15) is 0 Å². The van der Waals surface area contributed by atoms with Crippen molar-refractivity contribution in [1.29, 1.82) is 0 Å². The van der Waals surface area contributed by atoms with E-state index in [4.69, 9.17) is 4.52 Å². The van der Waals surface area contributed by atoms with Crippen LogP contribution in [0, 0.1) is 0 Å². The van der Waals surface area contributed by atoms with Crippen LogP contribution in [0.25, 0.3) is 0 Å². The van der Waals surface area contributed by atoms with Gasteiger partial charge in [-0.2, -0.15) is 4.98 Å². The van der Waals surface area contributed by atoms with Gasteiger partial charge in [-0.15, -0.1) is 0 Å². The van der Waals surface area contributed by atoms with Crippen molar-refractivity contribution in [2.45, 2.75) is 45.6 Å². The largest absolute Gasteiger partial charge is 0.339 e. The molecule has 0 aliphatic carbocycles. The molecule has 2 unspecified atom stereocenters. The maximum atomic E-state index is 5.43. The summed E-state index contributed by atoms with van der Waals surface area (Å²) in [6, 6.07) is 6.16. The second-order valence-corrected chi connectivity index (χ2v) is 4.91. The van der Waals surface area contributed by atoms with Gasteiger partial charge in [0.05, 0.1) is 12.3 Å². The Morgan fingerprint density at radius 2 is 2.15 bits per heavy atom. The number of pyridine rings is 1. The molecule has 0 amide bonds. The highest BCUT2D eigenvalue weighted by atomic mass is 16.5. The van der Waals surface area contributed by atoms with E-state index in [1.165, 1.54) is 0 Å². The van der Waals surface area contributed by atoms with Gasteiger partial charge in [0.25, 0.3) is 0 Å². The number of hydrogen-bond acceptors (Lipinski definition) is 5. The second kappa shape index (κ2) is 7.14. The van der Waals surface area contributed by atoms with Crippen molar-refractivity contribution in [1.82, 2.24) is 20.4 Å². The lowest BCUT2D eigenvalue weighted by Crippen LogP contribution is -2.31. The predicted octanol–water partition coefficient (Wildman–Crippen LogP) is 2.55. The standard InChI is InChI=1S/C15H22N4O/c1-4-13(11(3)16-5-2)15-18-14(19-20-15)10-12-8-6-7-9-17-12/h6-9,11,13,16H,4-5,10H2,1-3H3. The topological polar surface area (TPSA) is 63.8 Å². The van der Waals surface area contributed by atoms with Gasteiger partial charge in [-0.3, -0.25) is 4.98 Å². The highest BCUT2D eigenvalue weighted by molar-refractivity contribution is 5.10. The molecule has 2 aromatic rings. The van der Waals surface area contributed by atoms with Gasteiger partial charge in [0.2, 0.25) is 5.89 Å². The number of aromatic nitrogens is 3. The molecule has 2 rings (SSSR count). The maximum absolute atomic E-state index is 5.43. The molecule has 0 radical (unpaired) electrons. The molecule has 5 heteroatoms. The SMILES string of the molecule is CCNC(C)C(CC)c1nc(Cc2ccccn2)no1. The molecule has 0 fully saturated rings. The molecule has 2 aromatic heterocycles. The van der Waals surface area contributed by atoms with Gasteiger partial charge in [0.1, 0.15) is 0 Å². The molecular formula is C15H22N4O. The zero-order valence-corrected chi connectivity index (χ0v) is 12.3. The third kappa shape index (κ3) is 3.63. The fourth-order valence-corrected chi connectivity index (χ4v) is 2.36. The van der Waals surface area contributed by atoms with Gasteiger partial charge in [-0.1, -0.05) is 25.1 Å². The molecule has 20 heavy (non-hydrogen) atoms. The molecule has 2 atom stereocenters. The summed E-state index contributed by atoms with van der Waals surface area (Å²) < 4.78 is 5.43. The van der Waals surface area contributed by atoms with Crippen LogP contribution < -0.4 is 5.32 Å². The Hall–Kier alpha value is -1.75. The monoisotopic (exact) mass is 274 g/mol. The molecule has 0 aliphatic rings. The lowest BCUT2D eigenvalue weighted by atomic mass is 9.98. The van der Waals surface area contributed by atoms with Crippen LogP contribution in [0.15, 0.2) is 28.9 Å². The average molecular weight is 274 g/mol. The number of nitrogens with zero attached hydrogens (tertiary/aromatic N) is 3. The van der Waals surface area contributed by atoms with Gasteiger partial charge < -0.3 is 9.84 Å².